The summed E-state index contributed by atoms with van der Waals surface area (Å²) in [6.07, 6.45) is 26.4. The number of unbranched alkanes of at least 4 members (excludes halogenated alkanes) is 6. The van der Waals surface area contributed by atoms with E-state index in [0.717, 1.165) is 99.1 Å². The normalized spacial score (nSPS) is 31.1. The third kappa shape index (κ3) is 9.99. The molecule has 8 heteroatoms. The maximum Gasteiger partial charge on any atom is 0.310 e. The fourth-order valence-corrected chi connectivity index (χ4v) is 11.7. The van der Waals surface area contributed by atoms with Crippen LogP contribution in [0.25, 0.3) is 12.2 Å². The van der Waals surface area contributed by atoms with Gasteiger partial charge in [0.15, 0.2) is 0 Å². The number of carbonyl (C=O) groups is 2. The van der Waals surface area contributed by atoms with Crippen LogP contribution in [0.1, 0.15) is 120 Å². The number of rotatable bonds is 19. The number of hydrogen-bond acceptors (Lipinski definition) is 2. The third-order valence-electron chi connectivity index (χ3n) is 14.8. The van der Waals surface area contributed by atoms with Gasteiger partial charge in [-0.05, 0) is 48.0 Å². The monoisotopic (exact) mass is 868 g/mol. The Balaban J connectivity index is 0.00000325. The van der Waals surface area contributed by atoms with Gasteiger partial charge in [-0.2, -0.15) is 0 Å². The molecule has 2 N–H and O–H groups in total. The van der Waals surface area contributed by atoms with Crippen LogP contribution in [0.15, 0.2) is 72.8 Å². The van der Waals surface area contributed by atoms with Gasteiger partial charge in [0.05, 0.1) is 56.8 Å². The first-order chi connectivity index (χ1) is 25.1. The Kier molecular flexibility index (Phi) is 16.7. The van der Waals surface area contributed by atoms with Crippen LogP contribution in [0.3, 0.4) is 0 Å². The highest BCUT2D eigenvalue weighted by Gasteiger charge is 2.63. The third-order valence-corrected chi connectivity index (χ3v) is 14.8. The smallest absolute Gasteiger partial charge is 0.310 e. The molecule has 4 fully saturated rings. The lowest BCUT2D eigenvalue weighted by molar-refractivity contribution is -0.946. The van der Waals surface area contributed by atoms with Gasteiger partial charge in [0.1, 0.15) is 0 Å². The van der Waals surface area contributed by atoms with Crippen molar-refractivity contribution in [2.24, 2.45) is 17.3 Å². The van der Waals surface area contributed by atoms with Crippen molar-refractivity contribution in [2.75, 3.05) is 27.2 Å². The number of carboxylic acid groups (broad SMARTS) is 2. The minimum absolute atomic E-state index is 0. The lowest BCUT2D eigenvalue weighted by Gasteiger charge is -2.55. The summed E-state index contributed by atoms with van der Waals surface area (Å²) in [4.78, 5) is 25.0. The molecule has 0 amide bonds. The molecule has 4 unspecified atom stereocenters. The number of nitrogens with zero attached hydrogens (tertiary/aromatic N) is 2. The van der Waals surface area contributed by atoms with Crippen molar-refractivity contribution in [1.82, 2.24) is 0 Å². The van der Waals surface area contributed by atoms with Crippen LogP contribution >= 0.6 is 0 Å². The molecule has 0 spiro atoms. The van der Waals surface area contributed by atoms with Gasteiger partial charge < -0.3 is 53.1 Å². The van der Waals surface area contributed by atoms with Gasteiger partial charge in [-0.25, -0.2) is 0 Å². The summed E-state index contributed by atoms with van der Waals surface area (Å²) in [5.41, 5.74) is 1.84. The number of fused-ring (bicyclic) bond motifs is 4. The van der Waals surface area contributed by atoms with E-state index in [0.29, 0.717) is 24.2 Å². The summed E-state index contributed by atoms with van der Waals surface area (Å²) < 4.78 is 2.13. The second-order valence-electron chi connectivity index (χ2n) is 17.5. The second-order valence-corrected chi connectivity index (χ2v) is 17.5. The number of quaternary nitrogens is 2. The number of halogens is 2. The van der Waals surface area contributed by atoms with Crippen LogP contribution < -0.4 is 34.0 Å². The highest BCUT2D eigenvalue weighted by Crippen LogP contribution is 2.58. The predicted octanol–water partition coefficient (Wildman–Crippen LogP) is 3.86. The van der Waals surface area contributed by atoms with Gasteiger partial charge in [-0.1, -0.05) is 111 Å². The minimum Gasteiger partial charge on any atom is -1.00 e. The molecule has 0 radical (unpaired) electrons. The van der Waals surface area contributed by atoms with E-state index < -0.39 is 17.4 Å². The molecule has 298 valence electrons. The van der Waals surface area contributed by atoms with Gasteiger partial charge in [0, 0.05) is 57.8 Å². The number of benzene rings is 2. The van der Waals surface area contributed by atoms with Crippen molar-refractivity contribution in [3.63, 3.8) is 0 Å². The van der Waals surface area contributed by atoms with Gasteiger partial charge >= 0.3 is 11.9 Å². The summed E-state index contributed by atoms with van der Waals surface area (Å²) >= 11 is 0. The van der Waals surface area contributed by atoms with Crippen molar-refractivity contribution in [2.45, 2.75) is 133 Å². The Morgan fingerprint density at radius 2 is 0.981 bits per heavy atom. The average molecular weight is 871 g/mol. The van der Waals surface area contributed by atoms with Crippen molar-refractivity contribution in [3.8, 4) is 0 Å². The number of carboxylic acids is 2. The van der Waals surface area contributed by atoms with E-state index >= 15 is 0 Å². The molecule has 6 rings (SSSR count). The molecule has 2 aromatic rings. The standard InChI is InChI=1S/C46H64N2O4.2BrH/c1-47(30-16-22-36-18-10-8-11-19-36)40-25-26-41(47)33-38(32-40)46(45(51)52,29-15-7-5-3-4-6-14-24-44(49)50)39-34-42-27-28-43(35-39)48(42,2)31-17-23-37-20-12-9-13-21-37;;/h8-13,16-23,38-43H,3-7,14-15,24-35H2,1-2H3;2*1H. The molecule has 4 aliphatic rings. The summed E-state index contributed by atoms with van der Waals surface area (Å²) in [7, 11) is 4.92. The Morgan fingerprint density at radius 1 is 0.611 bits per heavy atom. The van der Waals surface area contributed by atoms with E-state index in [1.165, 1.54) is 36.8 Å². The Hall–Kier alpha value is -2.26. The number of hydrogen-bond donors (Lipinski definition) is 2. The van der Waals surface area contributed by atoms with E-state index in [1.807, 2.05) is 0 Å². The molecule has 0 aromatic heterocycles. The van der Waals surface area contributed by atoms with Gasteiger partial charge in [0.2, 0.25) is 0 Å². The van der Waals surface area contributed by atoms with Crippen molar-refractivity contribution < 1.29 is 62.7 Å². The summed E-state index contributed by atoms with van der Waals surface area (Å²) in [5.74, 6) is -0.734. The number of aliphatic carboxylic acids is 2. The molecular formula is C46H66Br2N2O4. The van der Waals surface area contributed by atoms with Crippen molar-refractivity contribution in [3.05, 3.63) is 83.9 Å². The lowest BCUT2D eigenvalue weighted by atomic mass is 9.56. The van der Waals surface area contributed by atoms with E-state index in [4.69, 9.17) is 5.11 Å². The van der Waals surface area contributed by atoms with E-state index in [1.54, 1.807) is 0 Å². The zero-order valence-corrected chi connectivity index (χ0v) is 36.0. The molecule has 6 nitrogen and oxygen atoms in total. The van der Waals surface area contributed by atoms with Crippen LogP contribution in [-0.4, -0.2) is 82.5 Å². The fraction of sp³-hybridized carbons (Fsp3) is 0.609. The molecule has 4 bridgehead atoms. The fourth-order valence-electron chi connectivity index (χ4n) is 11.7. The van der Waals surface area contributed by atoms with Crippen LogP contribution in [0, 0.1) is 17.3 Å². The number of piperidine rings is 2. The van der Waals surface area contributed by atoms with Crippen molar-refractivity contribution >= 4 is 24.1 Å². The maximum atomic E-state index is 14.1. The summed E-state index contributed by atoms with van der Waals surface area (Å²) in [6, 6.07) is 23.3. The first-order valence-corrected chi connectivity index (χ1v) is 20.7. The molecule has 0 saturated carbocycles. The first-order valence-electron chi connectivity index (χ1n) is 20.7. The van der Waals surface area contributed by atoms with Crippen LogP contribution in [0.5, 0.6) is 0 Å². The largest absolute Gasteiger partial charge is 1.00 e. The molecule has 0 aliphatic carbocycles. The molecular weight excluding hydrogens is 804 g/mol. The number of likely N-dealkylation sites (N-methyl/N-ethyl adjacent to an activating group) is 2. The quantitative estimate of drug-likeness (QED) is 0.166. The highest BCUT2D eigenvalue weighted by atomic mass is 79.9. The average Bonchev–Trinajstić information content (AvgIpc) is 3.36. The maximum absolute atomic E-state index is 14.1. The SMILES string of the molecule is C[N+]1(CC=Cc2ccccc2)C2CCC1CC(C(CCCCCCCCCC(=O)O)(C(=O)O)C1CC3CCC(C1)[N+]3(C)CC=Cc1ccccc1)C2.[Br-].[Br-]. The second kappa shape index (κ2) is 20.2. The van der Waals surface area contributed by atoms with Crippen molar-refractivity contribution in [1.29, 1.82) is 0 Å². The van der Waals surface area contributed by atoms with E-state index in [-0.39, 0.29) is 52.2 Å². The van der Waals surface area contributed by atoms with Crippen LogP contribution in [0.4, 0.5) is 0 Å². The van der Waals surface area contributed by atoms with E-state index in [2.05, 4.69) is 99.1 Å². The molecule has 4 aliphatic heterocycles. The van der Waals surface area contributed by atoms with Crippen LogP contribution in [-0.2, 0) is 9.59 Å². The molecule has 54 heavy (non-hydrogen) atoms. The molecule has 4 saturated heterocycles. The Morgan fingerprint density at radius 3 is 1.35 bits per heavy atom. The summed E-state index contributed by atoms with van der Waals surface area (Å²) in [5, 5.41) is 20.5. The molecule has 4 heterocycles. The van der Waals surface area contributed by atoms with Gasteiger partial charge in [-0.15, -0.1) is 0 Å². The van der Waals surface area contributed by atoms with Gasteiger partial charge in [0.25, 0.3) is 0 Å². The molecule has 4 atom stereocenters. The first kappa shape index (κ1) is 44.5. The zero-order valence-electron chi connectivity index (χ0n) is 32.8. The highest BCUT2D eigenvalue weighted by molar-refractivity contribution is 5.75. The van der Waals surface area contributed by atoms with Gasteiger partial charge in [-0.3, -0.25) is 9.59 Å². The van der Waals surface area contributed by atoms with E-state index in [9.17, 15) is 14.7 Å². The predicted molar refractivity (Wildman–Crippen MR) is 211 cm³/mol. The summed E-state index contributed by atoms with van der Waals surface area (Å²) in [6.45, 7) is 2.03. The van der Waals surface area contributed by atoms with Crippen LogP contribution in [0.2, 0.25) is 0 Å². The lowest BCUT2D eigenvalue weighted by Crippen LogP contribution is -3.00. The zero-order chi connectivity index (χ0) is 36.6. The topological polar surface area (TPSA) is 74.6 Å². The Bertz CT molecular complexity index is 1410. The Labute approximate surface area is 346 Å². The minimum atomic E-state index is -0.706. The molecule has 2 aromatic carbocycles.